The molecule has 0 saturated heterocycles. The third kappa shape index (κ3) is 1.79. The van der Waals surface area contributed by atoms with E-state index in [2.05, 4.69) is 5.43 Å². The van der Waals surface area contributed by atoms with Crippen LogP contribution in [0.25, 0.3) is 0 Å². The molecule has 0 saturated carbocycles. The first-order valence-electron chi connectivity index (χ1n) is 5.53. The van der Waals surface area contributed by atoms with Crippen LogP contribution in [0, 0.1) is 5.92 Å². The Hall–Kier alpha value is -2.11. The number of hydrogen-bond acceptors (Lipinski definition) is 4. The zero-order chi connectivity index (χ0) is 13.2. The minimum Gasteiger partial charge on any atom is -0.481 e. The molecule has 0 aromatic heterocycles. The third-order valence-electron chi connectivity index (χ3n) is 3.18. The fraction of sp³-hybridized carbons (Fsp3) is 0.154. The molecule has 1 aromatic carbocycles. The third-order valence-corrected chi connectivity index (χ3v) is 3.18. The molecule has 0 heterocycles. The first-order chi connectivity index (χ1) is 8.62. The van der Waals surface area contributed by atoms with E-state index in [1.54, 1.807) is 48.6 Å². The number of allylic oxidation sites excluding steroid dienone is 2. The van der Waals surface area contributed by atoms with Gasteiger partial charge in [-0.15, -0.1) is 0 Å². The largest absolute Gasteiger partial charge is 0.481 e. The van der Waals surface area contributed by atoms with Gasteiger partial charge in [-0.3, -0.25) is 10.6 Å². The van der Waals surface area contributed by atoms with Crippen LogP contribution in [0.2, 0.25) is 0 Å². The van der Waals surface area contributed by atoms with Crippen LogP contribution in [0.1, 0.15) is 5.56 Å². The highest BCUT2D eigenvalue weighted by Crippen LogP contribution is 2.37. The van der Waals surface area contributed by atoms with E-state index in [0.717, 1.165) is 0 Å². The molecule has 0 fully saturated rings. The average Bonchev–Trinajstić information content (AvgIpc) is 2.39. The normalized spacial score (nSPS) is 26.2. The molecule has 18 heavy (non-hydrogen) atoms. The summed E-state index contributed by atoms with van der Waals surface area (Å²) in [6.07, 6.45) is 6.76. The van der Waals surface area contributed by atoms with E-state index >= 15 is 0 Å². The van der Waals surface area contributed by atoms with Gasteiger partial charge >= 0.3 is 5.97 Å². The summed E-state index contributed by atoms with van der Waals surface area (Å²) in [5, 5.41) is 9.34. The van der Waals surface area contributed by atoms with Crippen molar-refractivity contribution in [1.29, 1.82) is 0 Å². The molecule has 5 nitrogen and oxygen atoms in total. The van der Waals surface area contributed by atoms with Gasteiger partial charge in [0.1, 0.15) is 5.92 Å². The van der Waals surface area contributed by atoms with Crippen molar-refractivity contribution in [3.63, 3.8) is 0 Å². The lowest BCUT2D eigenvalue weighted by molar-refractivity contribution is -0.142. The predicted octanol–water partition coefficient (Wildman–Crippen LogP) is 0.754. The van der Waals surface area contributed by atoms with Crippen LogP contribution in [0.15, 0.2) is 48.6 Å². The highest BCUT2D eigenvalue weighted by Gasteiger charge is 2.42. The van der Waals surface area contributed by atoms with Crippen molar-refractivity contribution >= 4 is 11.7 Å². The number of benzene rings is 1. The summed E-state index contributed by atoms with van der Waals surface area (Å²) in [5.74, 6) is 3.84. The summed E-state index contributed by atoms with van der Waals surface area (Å²) in [7, 11) is 0. The first kappa shape index (κ1) is 12.3. The molecule has 0 amide bonds. The number of nitrogens with one attached hydrogen (secondary N) is 1. The fourth-order valence-electron chi connectivity index (χ4n) is 2.26. The number of para-hydroxylation sites is 1. The van der Waals surface area contributed by atoms with Gasteiger partial charge in [-0.25, -0.2) is 5.43 Å². The van der Waals surface area contributed by atoms with E-state index in [4.69, 9.17) is 11.6 Å². The highest BCUT2D eigenvalue weighted by molar-refractivity contribution is 5.77. The highest BCUT2D eigenvalue weighted by atomic mass is 16.4. The van der Waals surface area contributed by atoms with E-state index in [-0.39, 0.29) is 0 Å². The SMILES string of the molecule is NNC1(c2ccccc2N)C=CC=CC1C(=O)O. The molecule has 1 aliphatic carbocycles. The van der Waals surface area contributed by atoms with Crippen molar-refractivity contribution in [2.75, 3.05) is 5.73 Å². The number of carboxylic acids is 1. The molecule has 94 valence electrons. The van der Waals surface area contributed by atoms with Crippen molar-refractivity contribution in [3.8, 4) is 0 Å². The second-order valence-corrected chi connectivity index (χ2v) is 4.16. The van der Waals surface area contributed by atoms with Gasteiger partial charge in [0.05, 0.1) is 5.54 Å². The molecule has 0 spiro atoms. The van der Waals surface area contributed by atoms with E-state index in [9.17, 15) is 9.90 Å². The number of nitrogen functional groups attached to an aromatic ring is 1. The van der Waals surface area contributed by atoms with Crippen molar-refractivity contribution < 1.29 is 9.90 Å². The second kappa shape index (κ2) is 4.64. The molecular formula is C13H15N3O2. The van der Waals surface area contributed by atoms with Crippen LogP contribution >= 0.6 is 0 Å². The van der Waals surface area contributed by atoms with Gasteiger partial charge in [0.2, 0.25) is 0 Å². The standard InChI is InChI=1S/C13H15N3O2/c14-11-7-2-1-5-9(11)13(16-15)8-4-3-6-10(13)12(17)18/h1-8,10,16H,14-15H2,(H,17,18). The van der Waals surface area contributed by atoms with E-state index in [1.165, 1.54) is 0 Å². The topological polar surface area (TPSA) is 101 Å². The van der Waals surface area contributed by atoms with Crippen LogP contribution < -0.4 is 17.0 Å². The number of aliphatic carboxylic acids is 1. The van der Waals surface area contributed by atoms with Crippen molar-refractivity contribution in [3.05, 3.63) is 54.1 Å². The van der Waals surface area contributed by atoms with Crippen LogP contribution in [-0.4, -0.2) is 11.1 Å². The molecule has 1 aliphatic rings. The zero-order valence-corrected chi connectivity index (χ0v) is 9.71. The van der Waals surface area contributed by atoms with E-state index in [0.29, 0.717) is 11.3 Å². The van der Waals surface area contributed by atoms with Crippen LogP contribution in [0.5, 0.6) is 0 Å². The summed E-state index contributed by atoms with van der Waals surface area (Å²) < 4.78 is 0. The molecule has 0 bridgehead atoms. The summed E-state index contributed by atoms with van der Waals surface area (Å²) in [4.78, 5) is 11.4. The number of nitrogens with two attached hydrogens (primary N) is 2. The zero-order valence-electron chi connectivity index (χ0n) is 9.71. The number of carboxylic acid groups (broad SMARTS) is 1. The van der Waals surface area contributed by atoms with E-state index < -0.39 is 17.4 Å². The van der Waals surface area contributed by atoms with E-state index in [1.807, 2.05) is 0 Å². The van der Waals surface area contributed by atoms with Gasteiger partial charge < -0.3 is 10.8 Å². The maximum atomic E-state index is 11.4. The summed E-state index contributed by atoms with van der Waals surface area (Å²) >= 11 is 0. The Morgan fingerprint density at radius 2 is 2.06 bits per heavy atom. The minimum absolute atomic E-state index is 0.502. The van der Waals surface area contributed by atoms with Crippen molar-refractivity contribution in [2.45, 2.75) is 5.54 Å². The number of hydrazine groups is 1. The number of anilines is 1. The molecule has 0 radical (unpaired) electrons. The monoisotopic (exact) mass is 245 g/mol. The Bertz CT molecular complexity index is 525. The minimum atomic E-state index is -1.02. The quantitative estimate of drug-likeness (QED) is 0.358. The second-order valence-electron chi connectivity index (χ2n) is 4.16. The summed E-state index contributed by atoms with van der Waals surface area (Å²) in [6, 6.07) is 7.09. The summed E-state index contributed by atoms with van der Waals surface area (Å²) in [6.45, 7) is 0. The van der Waals surface area contributed by atoms with Crippen LogP contribution in [0.4, 0.5) is 5.69 Å². The van der Waals surface area contributed by atoms with Gasteiger partial charge in [-0.05, 0) is 6.07 Å². The lowest BCUT2D eigenvalue weighted by Gasteiger charge is -2.36. The number of rotatable bonds is 3. The van der Waals surface area contributed by atoms with Gasteiger partial charge in [0, 0.05) is 11.3 Å². The number of hydrogen-bond donors (Lipinski definition) is 4. The van der Waals surface area contributed by atoms with Gasteiger partial charge in [0.25, 0.3) is 0 Å². The average molecular weight is 245 g/mol. The Morgan fingerprint density at radius 1 is 1.33 bits per heavy atom. The Kier molecular flexibility index (Phi) is 3.18. The fourth-order valence-corrected chi connectivity index (χ4v) is 2.26. The molecule has 2 rings (SSSR count). The molecule has 2 atom stereocenters. The molecule has 5 heteroatoms. The van der Waals surface area contributed by atoms with Gasteiger partial charge in [-0.1, -0.05) is 42.5 Å². The molecule has 2 unspecified atom stereocenters. The smallest absolute Gasteiger partial charge is 0.313 e. The molecule has 6 N–H and O–H groups in total. The Balaban J connectivity index is 2.60. The lowest BCUT2D eigenvalue weighted by atomic mass is 9.75. The Labute approximate surface area is 105 Å². The maximum Gasteiger partial charge on any atom is 0.313 e. The van der Waals surface area contributed by atoms with Crippen LogP contribution in [0.3, 0.4) is 0 Å². The maximum absolute atomic E-state index is 11.4. The molecular weight excluding hydrogens is 230 g/mol. The van der Waals surface area contributed by atoms with Crippen molar-refractivity contribution in [1.82, 2.24) is 5.43 Å². The molecule has 1 aromatic rings. The predicted molar refractivity (Wildman–Crippen MR) is 69.3 cm³/mol. The lowest BCUT2D eigenvalue weighted by Crippen LogP contribution is -2.53. The molecule has 0 aliphatic heterocycles. The summed E-state index contributed by atoms with van der Waals surface area (Å²) in [5.41, 5.74) is 8.67. The first-order valence-corrected chi connectivity index (χ1v) is 5.53. The van der Waals surface area contributed by atoms with Gasteiger partial charge in [0.15, 0.2) is 0 Å². The van der Waals surface area contributed by atoms with Gasteiger partial charge in [-0.2, -0.15) is 0 Å². The number of carbonyl (C=O) groups is 1. The van der Waals surface area contributed by atoms with Crippen LogP contribution in [-0.2, 0) is 10.3 Å². The van der Waals surface area contributed by atoms with Crippen molar-refractivity contribution in [2.24, 2.45) is 11.8 Å². The Morgan fingerprint density at radius 3 is 2.67 bits per heavy atom.